The Kier molecular flexibility index (Phi) is 1.92. The van der Waals surface area contributed by atoms with Crippen molar-refractivity contribution in [1.82, 2.24) is 4.90 Å². The molecule has 68 valence electrons. The zero-order valence-corrected chi connectivity index (χ0v) is 6.72. The number of nitrogens with zero attached hydrogens (tertiary/aromatic N) is 1. The first-order valence-corrected chi connectivity index (χ1v) is 4.14. The number of hydrogen-bond donors (Lipinski definition) is 3. The molecular weight excluding hydrogens is 158 g/mol. The first-order chi connectivity index (χ1) is 5.74. The molecule has 4 nitrogen and oxygen atoms in total. The summed E-state index contributed by atoms with van der Waals surface area (Å²) in [6, 6.07) is -0.148. The maximum Gasteiger partial charge on any atom is 0.101 e. The van der Waals surface area contributed by atoms with E-state index >= 15 is 0 Å². The molecule has 2 aliphatic heterocycles. The molecule has 2 aliphatic rings. The maximum atomic E-state index is 9.53. The lowest BCUT2D eigenvalue weighted by molar-refractivity contribution is 0.0439. The Balaban J connectivity index is 2.17. The predicted octanol–water partition coefficient (Wildman–Crippen LogP) is -1.68. The van der Waals surface area contributed by atoms with Gasteiger partial charge in [0.05, 0.1) is 18.8 Å². The summed E-state index contributed by atoms with van der Waals surface area (Å²) < 4.78 is 0. The van der Waals surface area contributed by atoms with Crippen LogP contribution in [0.3, 0.4) is 0 Å². The van der Waals surface area contributed by atoms with Crippen LogP contribution in [0.4, 0.5) is 0 Å². The second-order valence-electron chi connectivity index (χ2n) is 3.39. The average Bonchev–Trinajstić information content (AvgIpc) is 2.55. The van der Waals surface area contributed by atoms with Crippen molar-refractivity contribution in [2.75, 3.05) is 19.7 Å². The fraction of sp³-hybridized carbons (Fsp3) is 0.750. The van der Waals surface area contributed by atoms with E-state index in [1.807, 2.05) is 11.0 Å². The van der Waals surface area contributed by atoms with Crippen LogP contribution in [0.15, 0.2) is 11.6 Å². The molecule has 2 rings (SSSR count). The SMILES string of the molecule is OCC1=CCN2C[C@@H](O)[C@@H](O)[C@H]12. The Morgan fingerprint density at radius 2 is 2.25 bits per heavy atom. The van der Waals surface area contributed by atoms with E-state index in [2.05, 4.69) is 0 Å². The summed E-state index contributed by atoms with van der Waals surface area (Å²) in [5, 5.41) is 27.8. The third-order valence-corrected chi connectivity index (χ3v) is 2.68. The monoisotopic (exact) mass is 171 g/mol. The van der Waals surface area contributed by atoms with E-state index < -0.39 is 12.2 Å². The Morgan fingerprint density at radius 1 is 1.50 bits per heavy atom. The van der Waals surface area contributed by atoms with Crippen LogP contribution < -0.4 is 0 Å². The summed E-state index contributed by atoms with van der Waals surface area (Å²) in [7, 11) is 0. The number of aliphatic hydroxyl groups excluding tert-OH is 3. The van der Waals surface area contributed by atoms with E-state index in [0.29, 0.717) is 6.54 Å². The van der Waals surface area contributed by atoms with E-state index in [0.717, 1.165) is 12.1 Å². The maximum absolute atomic E-state index is 9.53. The van der Waals surface area contributed by atoms with Crippen LogP contribution in [0, 0.1) is 0 Å². The smallest absolute Gasteiger partial charge is 0.101 e. The molecule has 0 saturated carbocycles. The molecule has 0 aliphatic carbocycles. The van der Waals surface area contributed by atoms with Crippen LogP contribution in [-0.2, 0) is 0 Å². The molecule has 0 amide bonds. The van der Waals surface area contributed by atoms with Crippen molar-refractivity contribution in [3.63, 3.8) is 0 Å². The summed E-state index contributed by atoms with van der Waals surface area (Å²) in [5.41, 5.74) is 0.832. The minimum atomic E-state index is -0.731. The highest BCUT2D eigenvalue weighted by atomic mass is 16.3. The standard InChI is InChI=1S/C8H13NO3/c10-4-5-1-2-9-3-6(11)8(12)7(5)9/h1,6-8,10-12H,2-4H2/t6-,7+,8-/m1/s1. The van der Waals surface area contributed by atoms with Crippen LogP contribution in [0.5, 0.6) is 0 Å². The van der Waals surface area contributed by atoms with Crippen molar-refractivity contribution in [2.45, 2.75) is 18.2 Å². The first-order valence-electron chi connectivity index (χ1n) is 4.14. The number of fused-ring (bicyclic) bond motifs is 1. The highest BCUT2D eigenvalue weighted by molar-refractivity contribution is 5.24. The summed E-state index contributed by atoms with van der Waals surface area (Å²) in [4.78, 5) is 1.97. The summed E-state index contributed by atoms with van der Waals surface area (Å²) in [6.45, 7) is 1.21. The molecule has 0 spiro atoms. The Hall–Kier alpha value is -0.420. The average molecular weight is 171 g/mol. The molecule has 2 heterocycles. The van der Waals surface area contributed by atoms with Crippen molar-refractivity contribution in [3.8, 4) is 0 Å². The largest absolute Gasteiger partial charge is 0.392 e. The van der Waals surface area contributed by atoms with Crippen LogP contribution in [0.25, 0.3) is 0 Å². The first kappa shape index (κ1) is 8.19. The molecule has 0 aromatic carbocycles. The minimum Gasteiger partial charge on any atom is -0.392 e. The van der Waals surface area contributed by atoms with Gasteiger partial charge in [-0.2, -0.15) is 0 Å². The second-order valence-corrected chi connectivity index (χ2v) is 3.39. The zero-order valence-electron chi connectivity index (χ0n) is 6.72. The minimum absolute atomic E-state index is 0.0229. The number of hydrogen-bond acceptors (Lipinski definition) is 4. The Morgan fingerprint density at radius 3 is 2.92 bits per heavy atom. The Bertz CT molecular complexity index is 216. The molecule has 0 radical (unpaired) electrons. The number of aliphatic hydroxyl groups is 3. The van der Waals surface area contributed by atoms with Gasteiger partial charge in [0.1, 0.15) is 6.10 Å². The third kappa shape index (κ3) is 0.998. The third-order valence-electron chi connectivity index (χ3n) is 2.68. The van der Waals surface area contributed by atoms with E-state index in [1.165, 1.54) is 0 Å². The van der Waals surface area contributed by atoms with Crippen molar-refractivity contribution in [2.24, 2.45) is 0 Å². The molecule has 0 bridgehead atoms. The van der Waals surface area contributed by atoms with Gasteiger partial charge in [-0.05, 0) is 5.57 Å². The fourth-order valence-electron chi connectivity index (χ4n) is 2.04. The van der Waals surface area contributed by atoms with Crippen molar-refractivity contribution in [1.29, 1.82) is 0 Å². The highest BCUT2D eigenvalue weighted by Gasteiger charge is 2.43. The van der Waals surface area contributed by atoms with Crippen LogP contribution >= 0.6 is 0 Å². The van der Waals surface area contributed by atoms with Gasteiger partial charge in [-0.15, -0.1) is 0 Å². The molecule has 1 saturated heterocycles. The van der Waals surface area contributed by atoms with Gasteiger partial charge in [0.15, 0.2) is 0 Å². The lowest BCUT2D eigenvalue weighted by Crippen LogP contribution is -2.34. The molecule has 3 N–H and O–H groups in total. The Labute approximate surface area is 70.7 Å². The molecule has 1 fully saturated rings. The van der Waals surface area contributed by atoms with E-state index in [-0.39, 0.29) is 12.6 Å². The van der Waals surface area contributed by atoms with Crippen molar-refractivity contribution >= 4 is 0 Å². The van der Waals surface area contributed by atoms with Gasteiger partial charge < -0.3 is 15.3 Å². The van der Waals surface area contributed by atoms with Crippen LogP contribution in [0.2, 0.25) is 0 Å². The van der Waals surface area contributed by atoms with Gasteiger partial charge in [0.2, 0.25) is 0 Å². The number of rotatable bonds is 1. The van der Waals surface area contributed by atoms with Gasteiger partial charge in [-0.1, -0.05) is 6.08 Å². The van der Waals surface area contributed by atoms with E-state index in [1.54, 1.807) is 0 Å². The molecule has 12 heavy (non-hydrogen) atoms. The summed E-state index contributed by atoms with van der Waals surface area (Å²) >= 11 is 0. The van der Waals surface area contributed by atoms with Gasteiger partial charge >= 0.3 is 0 Å². The van der Waals surface area contributed by atoms with Gasteiger partial charge in [-0.25, -0.2) is 0 Å². The molecule has 0 aromatic heterocycles. The van der Waals surface area contributed by atoms with Gasteiger partial charge in [0.25, 0.3) is 0 Å². The summed E-state index contributed by atoms with van der Waals surface area (Å²) in [5.74, 6) is 0. The highest BCUT2D eigenvalue weighted by Crippen LogP contribution is 2.28. The van der Waals surface area contributed by atoms with Gasteiger partial charge in [0, 0.05) is 13.1 Å². The fourth-order valence-corrected chi connectivity index (χ4v) is 2.04. The van der Waals surface area contributed by atoms with Crippen molar-refractivity contribution < 1.29 is 15.3 Å². The summed E-state index contributed by atoms with van der Waals surface area (Å²) in [6.07, 6.45) is 0.524. The van der Waals surface area contributed by atoms with E-state index in [9.17, 15) is 10.2 Å². The molecular formula is C8H13NO3. The topological polar surface area (TPSA) is 63.9 Å². The molecule has 0 unspecified atom stereocenters. The predicted molar refractivity (Wildman–Crippen MR) is 42.5 cm³/mol. The van der Waals surface area contributed by atoms with Crippen molar-refractivity contribution in [3.05, 3.63) is 11.6 Å². The van der Waals surface area contributed by atoms with Crippen LogP contribution in [-0.4, -0.2) is 58.2 Å². The van der Waals surface area contributed by atoms with Crippen LogP contribution in [0.1, 0.15) is 0 Å². The molecule has 3 atom stereocenters. The van der Waals surface area contributed by atoms with E-state index in [4.69, 9.17) is 5.11 Å². The molecule has 4 heteroatoms. The zero-order chi connectivity index (χ0) is 8.72. The molecule has 0 aromatic rings. The second kappa shape index (κ2) is 2.81. The lowest BCUT2D eigenvalue weighted by atomic mass is 10.0. The lowest BCUT2D eigenvalue weighted by Gasteiger charge is -2.19. The normalized spacial score (nSPS) is 41.6. The van der Waals surface area contributed by atoms with Gasteiger partial charge in [-0.3, -0.25) is 4.90 Å². The quantitative estimate of drug-likeness (QED) is 0.413.